The van der Waals surface area contributed by atoms with Gasteiger partial charge < -0.3 is 25.6 Å². The zero-order valence-electron chi connectivity index (χ0n) is 17.8. The van der Waals surface area contributed by atoms with E-state index in [1.54, 1.807) is 7.05 Å². The number of carbonyl (C=O) groups excluding carboxylic acids is 1. The van der Waals surface area contributed by atoms with Crippen LogP contribution in [0.15, 0.2) is 4.99 Å². The number of piperidine rings is 1. The van der Waals surface area contributed by atoms with Gasteiger partial charge >= 0.3 is 6.09 Å². The van der Waals surface area contributed by atoms with E-state index in [2.05, 4.69) is 32.8 Å². The monoisotopic (exact) mass is 497 g/mol. The van der Waals surface area contributed by atoms with E-state index < -0.39 is 5.60 Å². The molecule has 0 aromatic heterocycles. The Labute approximate surface area is 182 Å². The Bertz CT molecular complexity index is 432. The Morgan fingerprint density at radius 3 is 2.26 bits per heavy atom. The Kier molecular flexibility index (Phi) is 13.9. The van der Waals surface area contributed by atoms with Crippen molar-refractivity contribution < 1.29 is 9.53 Å². The van der Waals surface area contributed by atoms with Crippen molar-refractivity contribution in [1.29, 1.82) is 0 Å². The predicted molar refractivity (Wildman–Crippen MR) is 123 cm³/mol. The standard InChI is InChI=1S/C19H39N5O2.HI/c1-6-24-14-9-16(10-15-24)8-13-22-17(20-5)21-11-7-12-23-18(25)26-19(2,3)4;/h16H,6-15H2,1-5H3,(H,23,25)(H2,20,21,22);1H. The fourth-order valence-corrected chi connectivity index (χ4v) is 3.01. The lowest BCUT2D eigenvalue weighted by molar-refractivity contribution is 0.0527. The van der Waals surface area contributed by atoms with Gasteiger partial charge in [-0.25, -0.2) is 4.79 Å². The normalized spacial score (nSPS) is 16.4. The molecule has 8 heteroatoms. The lowest BCUT2D eigenvalue weighted by Crippen LogP contribution is -2.40. The van der Waals surface area contributed by atoms with Crippen molar-refractivity contribution >= 4 is 36.0 Å². The molecule has 0 unspecified atom stereocenters. The van der Waals surface area contributed by atoms with Crippen molar-refractivity contribution in [2.45, 2.75) is 59.0 Å². The van der Waals surface area contributed by atoms with Crippen LogP contribution in [0.4, 0.5) is 4.79 Å². The average Bonchev–Trinajstić information content (AvgIpc) is 2.59. The fourth-order valence-electron chi connectivity index (χ4n) is 3.01. The maximum Gasteiger partial charge on any atom is 0.407 e. The minimum Gasteiger partial charge on any atom is -0.444 e. The molecule has 0 radical (unpaired) electrons. The molecule has 160 valence electrons. The van der Waals surface area contributed by atoms with Crippen molar-refractivity contribution in [2.75, 3.05) is 46.3 Å². The minimum absolute atomic E-state index is 0. The van der Waals surface area contributed by atoms with Gasteiger partial charge in [0.25, 0.3) is 0 Å². The summed E-state index contributed by atoms with van der Waals surface area (Å²) in [7, 11) is 1.79. The molecule has 0 aliphatic carbocycles. The molecule has 1 fully saturated rings. The van der Waals surface area contributed by atoms with Crippen LogP contribution in [0.1, 0.15) is 53.4 Å². The maximum absolute atomic E-state index is 11.6. The van der Waals surface area contributed by atoms with Crippen LogP contribution in [0.5, 0.6) is 0 Å². The van der Waals surface area contributed by atoms with Gasteiger partial charge in [-0.2, -0.15) is 0 Å². The first-order valence-electron chi connectivity index (χ1n) is 9.97. The number of amides is 1. The van der Waals surface area contributed by atoms with Crippen LogP contribution in [0.3, 0.4) is 0 Å². The van der Waals surface area contributed by atoms with Crippen LogP contribution in [0, 0.1) is 5.92 Å². The van der Waals surface area contributed by atoms with Crippen molar-refractivity contribution in [3.63, 3.8) is 0 Å². The molecule has 0 spiro atoms. The summed E-state index contributed by atoms with van der Waals surface area (Å²) in [6, 6.07) is 0. The van der Waals surface area contributed by atoms with Gasteiger partial charge in [0.05, 0.1) is 0 Å². The van der Waals surface area contributed by atoms with E-state index in [0.29, 0.717) is 6.54 Å². The highest BCUT2D eigenvalue weighted by Crippen LogP contribution is 2.19. The molecule has 0 saturated carbocycles. The molecule has 1 aliphatic heterocycles. The summed E-state index contributed by atoms with van der Waals surface area (Å²) in [6.45, 7) is 13.7. The summed E-state index contributed by atoms with van der Waals surface area (Å²) >= 11 is 0. The summed E-state index contributed by atoms with van der Waals surface area (Å²) in [5.41, 5.74) is -0.457. The molecule has 0 atom stereocenters. The Hall–Kier alpha value is -0.770. The first-order valence-corrected chi connectivity index (χ1v) is 9.97. The molecule has 1 heterocycles. The second-order valence-corrected chi connectivity index (χ2v) is 7.87. The van der Waals surface area contributed by atoms with Gasteiger partial charge in [0.15, 0.2) is 5.96 Å². The van der Waals surface area contributed by atoms with Crippen LogP contribution < -0.4 is 16.0 Å². The number of carbonyl (C=O) groups is 1. The smallest absolute Gasteiger partial charge is 0.407 e. The number of nitrogens with zero attached hydrogens (tertiary/aromatic N) is 2. The number of ether oxygens (including phenoxy) is 1. The summed E-state index contributed by atoms with van der Waals surface area (Å²) in [4.78, 5) is 18.3. The zero-order valence-corrected chi connectivity index (χ0v) is 20.1. The molecular formula is C19H40IN5O2. The fraction of sp³-hybridized carbons (Fsp3) is 0.895. The van der Waals surface area contributed by atoms with E-state index in [1.165, 1.54) is 38.9 Å². The summed E-state index contributed by atoms with van der Waals surface area (Å²) < 4.78 is 5.20. The highest BCUT2D eigenvalue weighted by atomic mass is 127. The molecule has 3 N–H and O–H groups in total. The third kappa shape index (κ3) is 13.1. The topological polar surface area (TPSA) is 78.0 Å². The summed E-state index contributed by atoms with van der Waals surface area (Å²) in [6.07, 6.45) is 4.25. The molecule has 0 bridgehead atoms. The third-order valence-corrected chi connectivity index (χ3v) is 4.54. The molecular weight excluding hydrogens is 457 g/mol. The highest BCUT2D eigenvalue weighted by Gasteiger charge is 2.17. The second kappa shape index (κ2) is 14.3. The number of hydrogen-bond acceptors (Lipinski definition) is 4. The Balaban J connectivity index is 0.00000676. The van der Waals surface area contributed by atoms with Crippen molar-refractivity contribution in [3.8, 4) is 0 Å². The number of hydrogen-bond donors (Lipinski definition) is 3. The summed E-state index contributed by atoms with van der Waals surface area (Å²) in [5, 5.41) is 9.43. The lowest BCUT2D eigenvalue weighted by atomic mass is 9.93. The molecule has 27 heavy (non-hydrogen) atoms. The van der Waals surface area contributed by atoms with Crippen LogP contribution in [-0.4, -0.2) is 68.9 Å². The number of rotatable bonds is 8. The largest absolute Gasteiger partial charge is 0.444 e. The zero-order chi connectivity index (χ0) is 19.4. The van der Waals surface area contributed by atoms with Gasteiger partial charge in [0, 0.05) is 26.7 Å². The third-order valence-electron chi connectivity index (χ3n) is 4.54. The molecule has 1 aliphatic rings. The molecule has 7 nitrogen and oxygen atoms in total. The predicted octanol–water partition coefficient (Wildman–Crippen LogP) is 2.81. The van der Waals surface area contributed by atoms with Crippen molar-refractivity contribution in [3.05, 3.63) is 0 Å². The molecule has 1 rings (SSSR count). The van der Waals surface area contributed by atoms with Gasteiger partial charge in [-0.1, -0.05) is 6.92 Å². The van der Waals surface area contributed by atoms with Crippen molar-refractivity contribution in [2.24, 2.45) is 10.9 Å². The second-order valence-electron chi connectivity index (χ2n) is 7.87. The van der Waals surface area contributed by atoms with Crippen LogP contribution in [-0.2, 0) is 4.74 Å². The van der Waals surface area contributed by atoms with Gasteiger partial charge in [-0.05, 0) is 72.0 Å². The summed E-state index contributed by atoms with van der Waals surface area (Å²) in [5.74, 6) is 1.65. The Morgan fingerprint density at radius 2 is 1.70 bits per heavy atom. The maximum atomic E-state index is 11.6. The number of guanidine groups is 1. The van der Waals surface area contributed by atoms with Gasteiger partial charge in [-0.3, -0.25) is 4.99 Å². The van der Waals surface area contributed by atoms with Crippen molar-refractivity contribution in [1.82, 2.24) is 20.9 Å². The Morgan fingerprint density at radius 1 is 1.11 bits per heavy atom. The number of alkyl carbamates (subject to hydrolysis) is 1. The number of aliphatic imine (C=N–C) groups is 1. The molecule has 0 aromatic rings. The number of likely N-dealkylation sites (tertiary alicyclic amines) is 1. The van der Waals surface area contributed by atoms with E-state index >= 15 is 0 Å². The van der Waals surface area contributed by atoms with Crippen LogP contribution >= 0.6 is 24.0 Å². The number of halogens is 1. The number of nitrogens with one attached hydrogen (secondary N) is 3. The molecule has 1 amide bonds. The van der Waals surface area contributed by atoms with E-state index in [1.807, 2.05) is 20.8 Å². The SMILES string of the molecule is CCN1CCC(CCNC(=NC)NCCCNC(=O)OC(C)(C)C)CC1.I. The van der Waals surface area contributed by atoms with Gasteiger partial charge in [0.2, 0.25) is 0 Å². The quantitative estimate of drug-likeness (QED) is 0.208. The van der Waals surface area contributed by atoms with Crippen LogP contribution in [0.2, 0.25) is 0 Å². The first kappa shape index (κ1) is 26.2. The lowest BCUT2D eigenvalue weighted by Gasteiger charge is -2.31. The average molecular weight is 497 g/mol. The van der Waals surface area contributed by atoms with E-state index in [-0.39, 0.29) is 30.1 Å². The molecule has 1 saturated heterocycles. The first-order chi connectivity index (χ1) is 12.3. The highest BCUT2D eigenvalue weighted by molar-refractivity contribution is 14.0. The minimum atomic E-state index is -0.457. The van der Waals surface area contributed by atoms with Crippen LogP contribution in [0.25, 0.3) is 0 Å². The van der Waals surface area contributed by atoms with E-state index in [4.69, 9.17) is 4.74 Å². The molecule has 0 aromatic carbocycles. The van der Waals surface area contributed by atoms with Gasteiger partial charge in [-0.15, -0.1) is 24.0 Å². The van der Waals surface area contributed by atoms with Gasteiger partial charge in [0.1, 0.15) is 5.60 Å². The van der Waals surface area contributed by atoms with E-state index in [9.17, 15) is 4.79 Å². The van der Waals surface area contributed by atoms with E-state index in [0.717, 1.165) is 31.4 Å².